The molecule has 0 aliphatic carbocycles. The van der Waals surface area contributed by atoms with Crippen molar-refractivity contribution in [3.8, 4) is 0 Å². The van der Waals surface area contributed by atoms with E-state index in [4.69, 9.17) is 5.73 Å². The lowest BCUT2D eigenvalue weighted by atomic mass is 10.4. The molecule has 1 rings (SSSR count). The van der Waals surface area contributed by atoms with E-state index < -0.39 is 0 Å². The quantitative estimate of drug-likeness (QED) is 0.625. The molecule has 0 saturated heterocycles. The Balaban J connectivity index is 2.99. The Bertz CT molecular complexity index is 228. The molecule has 0 saturated carbocycles. The summed E-state index contributed by atoms with van der Waals surface area (Å²) >= 11 is 0. The van der Waals surface area contributed by atoms with Gasteiger partial charge in [0.1, 0.15) is 0 Å². The highest BCUT2D eigenvalue weighted by Crippen LogP contribution is 2.05. The lowest BCUT2D eigenvalue weighted by molar-refractivity contribution is 1.06. The predicted octanol–water partition coefficient (Wildman–Crippen LogP) is 1.66. The largest absolute Gasteiger partial charge is 0.401 e. The van der Waals surface area contributed by atoms with Crippen molar-refractivity contribution in [3.05, 3.63) is 30.2 Å². The molecule has 0 atom stereocenters. The molecular formula is C8H12N2. The first kappa shape index (κ1) is 6.93. The van der Waals surface area contributed by atoms with E-state index in [9.17, 15) is 0 Å². The van der Waals surface area contributed by atoms with E-state index in [-0.39, 0.29) is 0 Å². The summed E-state index contributed by atoms with van der Waals surface area (Å²) in [5, 5.41) is 0. The van der Waals surface area contributed by atoms with E-state index in [1.807, 2.05) is 42.9 Å². The van der Waals surface area contributed by atoms with Gasteiger partial charge in [-0.2, -0.15) is 0 Å². The zero-order valence-electron chi connectivity index (χ0n) is 6.33. The van der Waals surface area contributed by atoms with Crippen molar-refractivity contribution in [2.75, 3.05) is 0 Å². The molecule has 2 nitrogen and oxygen atoms in total. The second kappa shape index (κ2) is 2.60. The van der Waals surface area contributed by atoms with Gasteiger partial charge in [-0.3, -0.25) is 0 Å². The fraction of sp³-hybridized carbons (Fsp3) is 0.250. The Morgan fingerprint density at radius 1 is 1.20 bits per heavy atom. The lowest BCUT2D eigenvalue weighted by Gasteiger charge is -2.03. The Morgan fingerprint density at radius 3 is 2.10 bits per heavy atom. The Hall–Kier alpha value is -1.18. The number of allylic oxidation sites excluding steroid dienone is 2. The monoisotopic (exact) mass is 136 g/mol. The van der Waals surface area contributed by atoms with Crippen molar-refractivity contribution in [2.45, 2.75) is 13.8 Å². The van der Waals surface area contributed by atoms with E-state index in [0.717, 1.165) is 11.4 Å². The molecular weight excluding hydrogens is 124 g/mol. The van der Waals surface area contributed by atoms with Gasteiger partial charge in [-0.15, -0.1) is 0 Å². The van der Waals surface area contributed by atoms with E-state index in [1.165, 1.54) is 0 Å². The fourth-order valence-electron chi connectivity index (χ4n) is 0.762. The molecule has 0 aromatic carbocycles. The van der Waals surface area contributed by atoms with Gasteiger partial charge in [-0.05, 0) is 26.0 Å². The maximum absolute atomic E-state index is 5.59. The van der Waals surface area contributed by atoms with Gasteiger partial charge in [0.05, 0.1) is 0 Å². The first-order valence-electron chi connectivity index (χ1n) is 3.28. The summed E-state index contributed by atoms with van der Waals surface area (Å²) in [5.74, 6) is 0. The normalized spacial score (nSPS) is 13.0. The van der Waals surface area contributed by atoms with Crippen LogP contribution in [0.25, 0.3) is 5.70 Å². The highest BCUT2D eigenvalue weighted by molar-refractivity contribution is 5.45. The van der Waals surface area contributed by atoms with Crippen LogP contribution in [0.4, 0.5) is 0 Å². The van der Waals surface area contributed by atoms with Gasteiger partial charge < -0.3 is 10.3 Å². The molecule has 1 aromatic heterocycles. The number of hydrogen-bond acceptors (Lipinski definition) is 1. The minimum atomic E-state index is 0.858. The van der Waals surface area contributed by atoms with Crippen LogP contribution >= 0.6 is 0 Å². The molecule has 0 aliphatic heterocycles. The van der Waals surface area contributed by atoms with Crippen LogP contribution in [-0.4, -0.2) is 4.57 Å². The van der Waals surface area contributed by atoms with E-state index in [2.05, 4.69) is 0 Å². The lowest BCUT2D eigenvalue weighted by Crippen LogP contribution is -1.99. The van der Waals surface area contributed by atoms with Crippen LogP contribution in [0, 0.1) is 0 Å². The number of nitrogens with zero attached hydrogens (tertiary/aromatic N) is 1. The second-order valence-corrected chi connectivity index (χ2v) is 2.36. The van der Waals surface area contributed by atoms with Crippen LogP contribution in [0.5, 0.6) is 0 Å². The van der Waals surface area contributed by atoms with Gasteiger partial charge in [-0.25, -0.2) is 0 Å². The zero-order chi connectivity index (χ0) is 7.56. The molecule has 0 spiro atoms. The van der Waals surface area contributed by atoms with Crippen molar-refractivity contribution >= 4 is 5.70 Å². The van der Waals surface area contributed by atoms with E-state index in [1.54, 1.807) is 0 Å². The van der Waals surface area contributed by atoms with Gasteiger partial charge in [0.15, 0.2) is 0 Å². The molecule has 10 heavy (non-hydrogen) atoms. The SMILES string of the molecule is C/C(N)=C(\C)n1cccc1. The van der Waals surface area contributed by atoms with Gasteiger partial charge in [0.25, 0.3) is 0 Å². The third-order valence-electron chi connectivity index (χ3n) is 1.56. The summed E-state index contributed by atoms with van der Waals surface area (Å²) in [4.78, 5) is 0. The van der Waals surface area contributed by atoms with Gasteiger partial charge in [0, 0.05) is 23.8 Å². The standard InChI is InChI=1S/C8H12N2/c1-7(9)8(2)10-5-3-4-6-10/h3-6H,9H2,1-2H3/b8-7-. The summed E-state index contributed by atoms with van der Waals surface area (Å²) < 4.78 is 2.00. The zero-order valence-corrected chi connectivity index (χ0v) is 6.33. The minimum absolute atomic E-state index is 0.858. The van der Waals surface area contributed by atoms with Crippen molar-refractivity contribution < 1.29 is 0 Å². The molecule has 54 valence electrons. The Kier molecular flexibility index (Phi) is 1.81. The molecule has 1 aromatic rings. The molecule has 0 amide bonds. The van der Waals surface area contributed by atoms with Crippen molar-refractivity contribution in [1.82, 2.24) is 4.57 Å². The fourth-order valence-corrected chi connectivity index (χ4v) is 0.762. The van der Waals surface area contributed by atoms with Crippen molar-refractivity contribution in [3.63, 3.8) is 0 Å². The summed E-state index contributed by atoms with van der Waals surface area (Å²) in [7, 11) is 0. The number of nitrogens with two attached hydrogens (primary N) is 1. The van der Waals surface area contributed by atoms with Gasteiger partial charge >= 0.3 is 0 Å². The highest BCUT2D eigenvalue weighted by atomic mass is 15.0. The maximum atomic E-state index is 5.59. The van der Waals surface area contributed by atoms with Gasteiger partial charge in [-0.1, -0.05) is 0 Å². The molecule has 2 heteroatoms. The smallest absolute Gasteiger partial charge is 0.0373 e. The summed E-state index contributed by atoms with van der Waals surface area (Å²) in [6, 6.07) is 3.96. The third-order valence-corrected chi connectivity index (χ3v) is 1.56. The van der Waals surface area contributed by atoms with E-state index >= 15 is 0 Å². The van der Waals surface area contributed by atoms with Gasteiger partial charge in [0.2, 0.25) is 0 Å². The van der Waals surface area contributed by atoms with Crippen LogP contribution in [0.2, 0.25) is 0 Å². The minimum Gasteiger partial charge on any atom is -0.401 e. The Morgan fingerprint density at radius 2 is 1.70 bits per heavy atom. The number of hydrogen-bond donors (Lipinski definition) is 1. The predicted molar refractivity (Wildman–Crippen MR) is 43.2 cm³/mol. The molecule has 0 fully saturated rings. The molecule has 0 radical (unpaired) electrons. The maximum Gasteiger partial charge on any atom is 0.0373 e. The van der Waals surface area contributed by atoms with Crippen molar-refractivity contribution in [2.24, 2.45) is 5.73 Å². The van der Waals surface area contributed by atoms with E-state index in [0.29, 0.717) is 0 Å². The van der Waals surface area contributed by atoms with Crippen LogP contribution < -0.4 is 5.73 Å². The summed E-state index contributed by atoms with van der Waals surface area (Å²) in [6.07, 6.45) is 3.96. The Labute approximate surface area is 61.0 Å². The molecule has 0 bridgehead atoms. The second-order valence-electron chi connectivity index (χ2n) is 2.36. The van der Waals surface area contributed by atoms with Crippen molar-refractivity contribution in [1.29, 1.82) is 0 Å². The summed E-state index contributed by atoms with van der Waals surface area (Å²) in [6.45, 7) is 3.89. The molecule has 0 aliphatic rings. The first-order valence-corrected chi connectivity index (χ1v) is 3.28. The van der Waals surface area contributed by atoms with Crippen LogP contribution in [0.3, 0.4) is 0 Å². The van der Waals surface area contributed by atoms with Crippen LogP contribution in [0.1, 0.15) is 13.8 Å². The number of rotatable bonds is 1. The number of aromatic nitrogens is 1. The first-order chi connectivity index (χ1) is 4.72. The summed E-state index contributed by atoms with van der Waals surface area (Å²) in [5.41, 5.74) is 7.53. The average molecular weight is 136 g/mol. The molecule has 2 N–H and O–H groups in total. The average Bonchev–Trinajstić information content (AvgIpc) is 2.36. The molecule has 1 heterocycles. The molecule has 0 unspecified atom stereocenters. The van der Waals surface area contributed by atoms with Crippen LogP contribution in [-0.2, 0) is 0 Å². The van der Waals surface area contributed by atoms with Crippen LogP contribution in [0.15, 0.2) is 30.2 Å². The highest BCUT2D eigenvalue weighted by Gasteiger charge is 1.91. The third kappa shape index (κ3) is 1.21. The topological polar surface area (TPSA) is 30.9 Å².